The molecule has 0 spiro atoms. The molecule has 0 aliphatic carbocycles. The first-order valence-corrected chi connectivity index (χ1v) is 6.66. The molecule has 0 rings (SSSR count). The van der Waals surface area contributed by atoms with Crippen molar-refractivity contribution < 1.29 is 0 Å². The van der Waals surface area contributed by atoms with Crippen LogP contribution in [0.4, 0.5) is 0 Å². The first-order valence-electron chi connectivity index (χ1n) is 5.50. The standard InChI is InChI=1S/C13H26S/c1-10(2)12(4)11(3)8-14-9-13(5,6)7/h10-11H,4,8-9H2,1-3,5-7H3. The fourth-order valence-corrected chi connectivity index (χ4v) is 2.52. The fraction of sp³-hybridized carbons (Fsp3) is 0.846. The van der Waals surface area contributed by atoms with Gasteiger partial charge in [-0.15, -0.1) is 0 Å². The quantitative estimate of drug-likeness (QED) is 0.602. The maximum absolute atomic E-state index is 4.16. The van der Waals surface area contributed by atoms with Gasteiger partial charge in [0.05, 0.1) is 0 Å². The van der Waals surface area contributed by atoms with Gasteiger partial charge in [0.15, 0.2) is 0 Å². The molecule has 1 unspecified atom stereocenters. The molecule has 0 saturated heterocycles. The van der Waals surface area contributed by atoms with Crippen LogP contribution in [0.3, 0.4) is 0 Å². The molecule has 1 atom stereocenters. The molecule has 0 nitrogen and oxygen atoms in total. The largest absolute Gasteiger partial charge is 0.161 e. The third-order valence-electron chi connectivity index (χ3n) is 2.28. The lowest BCUT2D eigenvalue weighted by Gasteiger charge is -2.21. The van der Waals surface area contributed by atoms with Crippen LogP contribution in [0.25, 0.3) is 0 Å². The molecule has 84 valence electrons. The molecule has 0 aromatic carbocycles. The number of allylic oxidation sites excluding steroid dienone is 1. The highest BCUT2D eigenvalue weighted by Crippen LogP contribution is 2.26. The lowest BCUT2D eigenvalue weighted by atomic mass is 9.94. The highest BCUT2D eigenvalue weighted by molar-refractivity contribution is 7.99. The Morgan fingerprint density at radius 2 is 1.71 bits per heavy atom. The van der Waals surface area contributed by atoms with Gasteiger partial charge in [0.25, 0.3) is 0 Å². The predicted molar refractivity (Wildman–Crippen MR) is 69.9 cm³/mol. The van der Waals surface area contributed by atoms with E-state index in [2.05, 4.69) is 59.9 Å². The topological polar surface area (TPSA) is 0 Å². The van der Waals surface area contributed by atoms with E-state index in [0.29, 0.717) is 17.3 Å². The molecule has 0 N–H and O–H groups in total. The van der Waals surface area contributed by atoms with Crippen molar-refractivity contribution in [3.63, 3.8) is 0 Å². The van der Waals surface area contributed by atoms with E-state index >= 15 is 0 Å². The van der Waals surface area contributed by atoms with Crippen molar-refractivity contribution in [2.24, 2.45) is 17.3 Å². The highest BCUT2D eigenvalue weighted by atomic mass is 32.2. The summed E-state index contributed by atoms with van der Waals surface area (Å²) in [7, 11) is 0. The third kappa shape index (κ3) is 6.53. The first-order chi connectivity index (χ1) is 6.24. The Morgan fingerprint density at radius 1 is 1.21 bits per heavy atom. The van der Waals surface area contributed by atoms with Crippen LogP contribution in [0.2, 0.25) is 0 Å². The molecule has 0 amide bonds. The van der Waals surface area contributed by atoms with E-state index in [-0.39, 0.29) is 0 Å². The van der Waals surface area contributed by atoms with Gasteiger partial charge < -0.3 is 0 Å². The molecule has 0 aliphatic heterocycles. The lowest BCUT2D eigenvalue weighted by Crippen LogP contribution is -2.12. The maximum atomic E-state index is 4.16. The molecule has 0 saturated carbocycles. The van der Waals surface area contributed by atoms with Gasteiger partial charge >= 0.3 is 0 Å². The average molecular weight is 214 g/mol. The summed E-state index contributed by atoms with van der Waals surface area (Å²) in [6.07, 6.45) is 0. The molecule has 0 bridgehead atoms. The number of hydrogen-bond donors (Lipinski definition) is 0. The minimum absolute atomic E-state index is 0.448. The Labute approximate surface area is 94.6 Å². The SMILES string of the molecule is C=C(C(C)C)C(C)CSCC(C)(C)C. The molecule has 0 aromatic heterocycles. The summed E-state index contributed by atoms with van der Waals surface area (Å²) in [5, 5.41) is 0. The van der Waals surface area contributed by atoms with Crippen molar-refractivity contribution in [3.8, 4) is 0 Å². The molecular weight excluding hydrogens is 188 g/mol. The minimum Gasteiger partial charge on any atom is -0.161 e. The third-order valence-corrected chi connectivity index (χ3v) is 4.08. The lowest BCUT2D eigenvalue weighted by molar-refractivity contribution is 0.480. The summed E-state index contributed by atoms with van der Waals surface area (Å²) in [5.74, 6) is 3.74. The van der Waals surface area contributed by atoms with Crippen molar-refractivity contribution in [2.45, 2.75) is 41.5 Å². The Morgan fingerprint density at radius 3 is 2.07 bits per heavy atom. The molecule has 0 radical (unpaired) electrons. The Balaban J connectivity index is 3.75. The van der Waals surface area contributed by atoms with Gasteiger partial charge in [0, 0.05) is 0 Å². The number of hydrogen-bond acceptors (Lipinski definition) is 1. The van der Waals surface area contributed by atoms with E-state index in [4.69, 9.17) is 0 Å². The van der Waals surface area contributed by atoms with E-state index in [0.717, 1.165) is 0 Å². The van der Waals surface area contributed by atoms with Crippen molar-refractivity contribution in [1.82, 2.24) is 0 Å². The molecule has 0 fully saturated rings. The van der Waals surface area contributed by atoms with Crippen LogP contribution in [0, 0.1) is 17.3 Å². The first kappa shape index (κ1) is 14.1. The minimum atomic E-state index is 0.448. The monoisotopic (exact) mass is 214 g/mol. The highest BCUT2D eigenvalue weighted by Gasteiger charge is 2.13. The summed E-state index contributed by atoms with van der Waals surface area (Å²) in [5.41, 5.74) is 1.84. The molecular formula is C13H26S. The second-order valence-corrected chi connectivity index (χ2v) is 6.74. The summed E-state index contributed by atoms with van der Waals surface area (Å²) in [6, 6.07) is 0. The van der Waals surface area contributed by atoms with Crippen LogP contribution in [0.15, 0.2) is 12.2 Å². The Kier molecular flexibility index (Phi) is 5.88. The normalized spacial score (nSPS) is 14.5. The van der Waals surface area contributed by atoms with Crippen molar-refractivity contribution in [3.05, 3.63) is 12.2 Å². The average Bonchev–Trinajstić information content (AvgIpc) is 2.00. The zero-order chi connectivity index (χ0) is 11.4. The Hall–Kier alpha value is 0.0900. The molecule has 0 aromatic rings. The van der Waals surface area contributed by atoms with Gasteiger partial charge in [-0.1, -0.05) is 53.7 Å². The van der Waals surface area contributed by atoms with Gasteiger partial charge in [-0.3, -0.25) is 0 Å². The van der Waals surface area contributed by atoms with Crippen molar-refractivity contribution in [2.75, 3.05) is 11.5 Å². The van der Waals surface area contributed by atoms with Crippen molar-refractivity contribution >= 4 is 11.8 Å². The van der Waals surface area contributed by atoms with Crippen LogP contribution in [0.1, 0.15) is 41.5 Å². The molecule has 1 heteroatoms. The zero-order valence-corrected chi connectivity index (χ0v) is 11.5. The van der Waals surface area contributed by atoms with E-state index < -0.39 is 0 Å². The van der Waals surface area contributed by atoms with Gasteiger partial charge in [-0.05, 0) is 28.8 Å². The molecule has 0 aliphatic rings. The smallest absolute Gasteiger partial charge is 0.000424 e. The molecule has 0 heterocycles. The van der Waals surface area contributed by atoms with Crippen LogP contribution in [-0.4, -0.2) is 11.5 Å². The summed E-state index contributed by atoms with van der Waals surface area (Å²) >= 11 is 2.05. The summed E-state index contributed by atoms with van der Waals surface area (Å²) < 4.78 is 0. The van der Waals surface area contributed by atoms with E-state index in [1.807, 2.05) is 0 Å². The Bertz CT molecular complexity index is 174. The fourth-order valence-electron chi connectivity index (χ4n) is 1.22. The van der Waals surface area contributed by atoms with E-state index in [1.165, 1.54) is 17.1 Å². The number of thioether (sulfide) groups is 1. The zero-order valence-electron chi connectivity index (χ0n) is 10.7. The van der Waals surface area contributed by atoms with Crippen LogP contribution in [-0.2, 0) is 0 Å². The second-order valence-electron chi connectivity index (χ2n) is 5.71. The van der Waals surface area contributed by atoms with Crippen LogP contribution >= 0.6 is 11.8 Å². The van der Waals surface area contributed by atoms with Gasteiger partial charge in [-0.25, -0.2) is 0 Å². The van der Waals surface area contributed by atoms with Gasteiger partial charge in [0.2, 0.25) is 0 Å². The van der Waals surface area contributed by atoms with Gasteiger partial charge in [-0.2, -0.15) is 11.8 Å². The van der Waals surface area contributed by atoms with Gasteiger partial charge in [0.1, 0.15) is 0 Å². The maximum Gasteiger partial charge on any atom is -0.000424 e. The van der Waals surface area contributed by atoms with Crippen LogP contribution in [0.5, 0.6) is 0 Å². The second kappa shape index (κ2) is 5.85. The molecule has 14 heavy (non-hydrogen) atoms. The summed E-state index contributed by atoms with van der Waals surface area (Å²) in [4.78, 5) is 0. The van der Waals surface area contributed by atoms with E-state index in [1.54, 1.807) is 0 Å². The van der Waals surface area contributed by atoms with Crippen molar-refractivity contribution in [1.29, 1.82) is 0 Å². The van der Waals surface area contributed by atoms with E-state index in [9.17, 15) is 0 Å². The number of rotatable bonds is 5. The van der Waals surface area contributed by atoms with Crippen LogP contribution < -0.4 is 0 Å². The summed E-state index contributed by atoms with van der Waals surface area (Å²) in [6.45, 7) is 17.8. The predicted octanol–water partition coefficient (Wildman–Crippen LogP) is 4.61.